The monoisotopic (exact) mass is 487 g/mol. The summed E-state index contributed by atoms with van der Waals surface area (Å²) in [6.45, 7) is 1.15. The van der Waals surface area contributed by atoms with Crippen LogP contribution in [0.25, 0.3) is 0 Å². The van der Waals surface area contributed by atoms with Gasteiger partial charge in [-0.3, -0.25) is 4.79 Å². The molecular formula is C23H30BN3O6S. The molecule has 1 saturated carbocycles. The number of carbonyl (C=O) groups is 1. The Morgan fingerprint density at radius 3 is 2.62 bits per heavy atom. The quantitative estimate of drug-likeness (QED) is 0.364. The lowest BCUT2D eigenvalue weighted by Crippen LogP contribution is -2.54. The minimum Gasteiger partial charge on any atom is -0.490 e. The third-order valence-electron chi connectivity index (χ3n) is 6.20. The van der Waals surface area contributed by atoms with Crippen molar-refractivity contribution in [3.63, 3.8) is 0 Å². The molecule has 4 rings (SSSR count). The summed E-state index contributed by atoms with van der Waals surface area (Å²) in [7, 11) is -3.94. The molecule has 2 aromatic carbocycles. The zero-order valence-corrected chi connectivity index (χ0v) is 19.9. The van der Waals surface area contributed by atoms with Gasteiger partial charge in [-0.15, -0.1) is 0 Å². The third kappa shape index (κ3) is 6.09. The fraction of sp³-hybridized carbons (Fsp3) is 0.435. The number of rotatable bonds is 10. The number of fused-ring (bicyclic) bond motifs is 1. The summed E-state index contributed by atoms with van der Waals surface area (Å²) in [5.41, 5.74) is 1.43. The number of hydrogen-bond acceptors (Lipinski definition) is 7. The number of nitrogens with zero attached hydrogens (tertiary/aromatic N) is 1. The molecule has 2 aromatic rings. The third-order valence-corrected chi connectivity index (χ3v) is 7.67. The van der Waals surface area contributed by atoms with Crippen LogP contribution in [-0.4, -0.2) is 63.7 Å². The first kappa shape index (κ1) is 24.5. The van der Waals surface area contributed by atoms with Crippen molar-refractivity contribution in [2.75, 3.05) is 25.1 Å². The average molecular weight is 487 g/mol. The van der Waals surface area contributed by atoms with Crippen LogP contribution in [0.15, 0.2) is 53.4 Å². The molecule has 34 heavy (non-hydrogen) atoms. The minimum absolute atomic E-state index is 0.0196. The summed E-state index contributed by atoms with van der Waals surface area (Å²) < 4.78 is 34.7. The molecule has 0 aromatic heterocycles. The first-order valence-electron chi connectivity index (χ1n) is 11.4. The molecule has 0 bridgehead atoms. The van der Waals surface area contributed by atoms with E-state index < -0.39 is 35.0 Å². The summed E-state index contributed by atoms with van der Waals surface area (Å²) in [6, 6.07) is 12.5. The van der Waals surface area contributed by atoms with Crippen molar-refractivity contribution < 1.29 is 28.0 Å². The van der Waals surface area contributed by atoms with Gasteiger partial charge in [0.2, 0.25) is 15.9 Å². The Hall–Kier alpha value is -2.60. The highest BCUT2D eigenvalue weighted by atomic mass is 32.2. The number of anilines is 1. The number of carbonyl (C=O) groups excluding carboxylic acids is 1. The van der Waals surface area contributed by atoms with Crippen LogP contribution in [-0.2, 0) is 21.2 Å². The van der Waals surface area contributed by atoms with Crippen LogP contribution in [0.4, 0.5) is 5.69 Å². The Labute approximate surface area is 200 Å². The molecule has 2 aliphatic rings. The molecule has 1 heterocycles. The van der Waals surface area contributed by atoms with E-state index in [4.69, 9.17) is 4.74 Å². The van der Waals surface area contributed by atoms with Crippen LogP contribution >= 0.6 is 0 Å². The molecule has 2 atom stereocenters. The van der Waals surface area contributed by atoms with E-state index in [-0.39, 0.29) is 11.3 Å². The SMILES string of the molecule is CN1CCOc2ccc(S(=O)(=O)N[C@@H](Cc3ccccc3)C(=O)N[C@@H](CC3CC3)B(O)O)cc21. The Morgan fingerprint density at radius 2 is 1.94 bits per heavy atom. The molecular weight excluding hydrogens is 457 g/mol. The van der Waals surface area contributed by atoms with E-state index in [2.05, 4.69) is 10.0 Å². The summed E-state index contributed by atoms with van der Waals surface area (Å²) in [4.78, 5) is 15.1. The first-order valence-corrected chi connectivity index (χ1v) is 12.9. The summed E-state index contributed by atoms with van der Waals surface area (Å²) in [5, 5.41) is 22.1. The van der Waals surface area contributed by atoms with Crippen LogP contribution in [0.2, 0.25) is 0 Å². The molecule has 0 unspecified atom stereocenters. The Kier molecular flexibility index (Phi) is 7.46. The molecule has 1 amide bonds. The number of benzene rings is 2. The lowest BCUT2D eigenvalue weighted by molar-refractivity contribution is -0.123. The Balaban J connectivity index is 1.57. The number of ether oxygens (including phenoxy) is 1. The topological polar surface area (TPSA) is 128 Å². The van der Waals surface area contributed by atoms with Gasteiger partial charge in [0.15, 0.2) is 0 Å². The van der Waals surface area contributed by atoms with E-state index in [0.717, 1.165) is 18.4 Å². The van der Waals surface area contributed by atoms with Gasteiger partial charge in [-0.1, -0.05) is 43.2 Å². The van der Waals surface area contributed by atoms with Crippen LogP contribution < -0.4 is 19.7 Å². The predicted octanol–water partition coefficient (Wildman–Crippen LogP) is 0.702. The Bertz CT molecular complexity index is 1110. The number of hydrogen-bond donors (Lipinski definition) is 4. The average Bonchev–Trinajstić information content (AvgIpc) is 3.63. The van der Waals surface area contributed by atoms with Crippen molar-refractivity contribution in [3.05, 3.63) is 54.1 Å². The molecule has 182 valence electrons. The van der Waals surface area contributed by atoms with Gasteiger partial charge >= 0.3 is 7.12 Å². The maximum atomic E-state index is 13.3. The van der Waals surface area contributed by atoms with E-state index >= 15 is 0 Å². The fourth-order valence-electron chi connectivity index (χ4n) is 4.04. The lowest BCUT2D eigenvalue weighted by atomic mass is 9.76. The van der Waals surface area contributed by atoms with E-state index in [0.29, 0.717) is 36.9 Å². The van der Waals surface area contributed by atoms with Crippen molar-refractivity contribution in [2.45, 2.75) is 42.6 Å². The molecule has 9 nitrogen and oxygen atoms in total. The zero-order chi connectivity index (χ0) is 24.3. The second kappa shape index (κ2) is 10.3. The smallest absolute Gasteiger partial charge is 0.475 e. The van der Waals surface area contributed by atoms with Crippen molar-refractivity contribution in [2.24, 2.45) is 5.92 Å². The molecule has 0 saturated heterocycles. The van der Waals surface area contributed by atoms with E-state index in [1.54, 1.807) is 6.07 Å². The molecule has 1 aliphatic heterocycles. The predicted molar refractivity (Wildman–Crippen MR) is 129 cm³/mol. The van der Waals surface area contributed by atoms with E-state index in [1.807, 2.05) is 42.3 Å². The van der Waals surface area contributed by atoms with Crippen molar-refractivity contribution in [1.82, 2.24) is 10.0 Å². The second-order valence-corrected chi connectivity index (χ2v) is 10.7. The largest absolute Gasteiger partial charge is 0.490 e. The van der Waals surface area contributed by atoms with Crippen LogP contribution in [0.1, 0.15) is 24.8 Å². The van der Waals surface area contributed by atoms with Crippen LogP contribution in [0.5, 0.6) is 5.75 Å². The molecule has 11 heteroatoms. The summed E-state index contributed by atoms with van der Waals surface area (Å²) in [6.07, 6.45) is 2.51. The number of likely N-dealkylation sites (N-methyl/N-ethyl adjacent to an activating group) is 1. The number of nitrogens with one attached hydrogen (secondary N) is 2. The zero-order valence-electron chi connectivity index (χ0n) is 19.1. The second-order valence-electron chi connectivity index (χ2n) is 8.97. The van der Waals surface area contributed by atoms with Crippen LogP contribution in [0, 0.1) is 5.92 Å². The van der Waals surface area contributed by atoms with E-state index in [1.165, 1.54) is 12.1 Å². The van der Waals surface area contributed by atoms with Crippen LogP contribution in [0.3, 0.4) is 0 Å². The lowest BCUT2D eigenvalue weighted by Gasteiger charge is -2.28. The van der Waals surface area contributed by atoms with Gasteiger partial charge in [-0.25, -0.2) is 8.42 Å². The molecule has 1 aliphatic carbocycles. The van der Waals surface area contributed by atoms with Crippen molar-refractivity contribution in [3.8, 4) is 5.75 Å². The van der Waals surface area contributed by atoms with Gasteiger partial charge in [-0.2, -0.15) is 4.72 Å². The molecule has 0 radical (unpaired) electrons. The van der Waals surface area contributed by atoms with E-state index in [9.17, 15) is 23.3 Å². The van der Waals surface area contributed by atoms with Gasteiger partial charge in [0.05, 0.1) is 23.1 Å². The Morgan fingerprint density at radius 1 is 1.21 bits per heavy atom. The fourth-order valence-corrected chi connectivity index (χ4v) is 5.26. The van der Waals surface area contributed by atoms with Gasteiger partial charge in [-0.05, 0) is 42.5 Å². The van der Waals surface area contributed by atoms with Crippen molar-refractivity contribution in [1.29, 1.82) is 0 Å². The normalized spacial score (nSPS) is 17.3. The van der Waals surface area contributed by atoms with Gasteiger partial charge in [0.25, 0.3) is 0 Å². The number of sulfonamides is 1. The van der Waals surface area contributed by atoms with Gasteiger partial charge in [0, 0.05) is 7.05 Å². The first-order chi connectivity index (χ1) is 16.2. The maximum Gasteiger partial charge on any atom is 0.475 e. The summed E-state index contributed by atoms with van der Waals surface area (Å²) >= 11 is 0. The molecule has 1 fully saturated rings. The highest BCUT2D eigenvalue weighted by Crippen LogP contribution is 2.34. The minimum atomic E-state index is -4.07. The molecule has 4 N–H and O–H groups in total. The highest BCUT2D eigenvalue weighted by molar-refractivity contribution is 7.89. The number of amides is 1. The highest BCUT2D eigenvalue weighted by Gasteiger charge is 2.35. The van der Waals surface area contributed by atoms with Gasteiger partial charge < -0.3 is 25.0 Å². The molecule has 0 spiro atoms. The standard InChI is InChI=1S/C23H30BN3O6S/c1-27-11-12-33-21-10-9-18(15-20(21)27)34(31,32)26-19(13-16-5-3-2-4-6-16)23(28)25-22(24(29)30)14-17-7-8-17/h2-6,9-10,15,17,19,22,26,29-30H,7-8,11-14H2,1H3,(H,25,28)/t19-,22-/m0/s1. The van der Waals surface area contributed by atoms with Crippen molar-refractivity contribution >= 4 is 28.7 Å². The maximum absolute atomic E-state index is 13.3. The van der Waals surface area contributed by atoms with Gasteiger partial charge in [0.1, 0.15) is 18.4 Å². The summed E-state index contributed by atoms with van der Waals surface area (Å²) in [5.74, 6) is -0.529.